The highest BCUT2D eigenvalue weighted by Crippen LogP contribution is 2.31. The van der Waals surface area contributed by atoms with Crippen LogP contribution in [-0.4, -0.2) is 13.4 Å². The van der Waals surface area contributed by atoms with Crippen LogP contribution < -0.4 is 4.18 Å². The molecule has 0 radical (unpaired) electrons. The summed E-state index contributed by atoms with van der Waals surface area (Å²) < 4.78 is 37.7. The zero-order chi connectivity index (χ0) is 15.0. The van der Waals surface area contributed by atoms with Crippen molar-refractivity contribution < 1.29 is 16.5 Å². The van der Waals surface area contributed by atoms with Gasteiger partial charge in [0.05, 0.1) is 5.69 Å². The molecule has 0 bridgehead atoms. The zero-order valence-corrected chi connectivity index (χ0v) is 12.9. The van der Waals surface area contributed by atoms with Crippen molar-refractivity contribution in [2.75, 3.05) is 0 Å². The molecule has 20 heavy (non-hydrogen) atoms. The molecule has 0 unspecified atom stereocenters. The number of hydrogen-bond donors (Lipinski definition) is 0. The van der Waals surface area contributed by atoms with E-state index < -0.39 is 10.5 Å². The maximum absolute atomic E-state index is 12.5. The van der Waals surface area contributed by atoms with E-state index in [-0.39, 0.29) is 11.2 Å². The third-order valence-corrected chi connectivity index (χ3v) is 3.83. The third-order valence-electron chi connectivity index (χ3n) is 2.55. The Morgan fingerprint density at radius 3 is 2.55 bits per heavy atom. The molecule has 1 aromatic carbocycles. The van der Waals surface area contributed by atoms with Gasteiger partial charge in [-0.05, 0) is 12.1 Å². The van der Waals surface area contributed by atoms with Crippen molar-refractivity contribution in [1.29, 1.82) is 0 Å². The standard InChI is InChI=1S/C13H14FNO3S2/c1-13(2,3)11-8-19-12(15-11)9-5-4-6-10(7-9)18-20(14,16)17/h4-8H,1-3H3. The maximum atomic E-state index is 12.5. The fourth-order valence-corrected chi connectivity index (χ4v) is 2.92. The van der Waals surface area contributed by atoms with Crippen molar-refractivity contribution in [3.8, 4) is 16.3 Å². The molecule has 0 atom stereocenters. The summed E-state index contributed by atoms with van der Waals surface area (Å²) in [4.78, 5) is 4.51. The number of halogens is 1. The molecule has 1 aromatic heterocycles. The van der Waals surface area contributed by atoms with E-state index in [0.29, 0.717) is 5.56 Å². The first-order valence-electron chi connectivity index (χ1n) is 5.86. The van der Waals surface area contributed by atoms with E-state index in [4.69, 9.17) is 0 Å². The van der Waals surface area contributed by atoms with Crippen molar-refractivity contribution in [3.05, 3.63) is 35.3 Å². The number of aromatic nitrogens is 1. The lowest BCUT2D eigenvalue weighted by Crippen LogP contribution is -2.11. The van der Waals surface area contributed by atoms with E-state index in [1.807, 2.05) is 5.38 Å². The normalized spacial score (nSPS) is 12.4. The summed E-state index contributed by atoms with van der Waals surface area (Å²) in [5, 5.41) is 2.69. The van der Waals surface area contributed by atoms with Gasteiger partial charge in [0, 0.05) is 16.4 Å². The van der Waals surface area contributed by atoms with Gasteiger partial charge in [0.1, 0.15) is 10.8 Å². The molecule has 1 heterocycles. The van der Waals surface area contributed by atoms with Crippen LogP contribution in [0.2, 0.25) is 0 Å². The molecule has 4 nitrogen and oxygen atoms in total. The van der Waals surface area contributed by atoms with Gasteiger partial charge in [-0.2, -0.15) is 8.42 Å². The Kier molecular flexibility index (Phi) is 3.84. The zero-order valence-electron chi connectivity index (χ0n) is 11.3. The molecular weight excluding hydrogens is 301 g/mol. The van der Waals surface area contributed by atoms with Crippen LogP contribution in [0.1, 0.15) is 26.5 Å². The van der Waals surface area contributed by atoms with Gasteiger partial charge in [-0.25, -0.2) is 4.98 Å². The van der Waals surface area contributed by atoms with E-state index in [2.05, 4.69) is 29.9 Å². The van der Waals surface area contributed by atoms with Crippen LogP contribution >= 0.6 is 11.3 Å². The van der Waals surface area contributed by atoms with E-state index >= 15 is 0 Å². The molecule has 0 saturated carbocycles. The SMILES string of the molecule is CC(C)(C)c1csc(-c2cccc(OS(=O)(=O)F)c2)n1. The van der Waals surface area contributed by atoms with Gasteiger partial charge in [0.2, 0.25) is 0 Å². The molecule has 0 fully saturated rings. The first-order chi connectivity index (χ1) is 9.15. The Labute approximate surface area is 121 Å². The molecule has 0 aliphatic carbocycles. The second kappa shape index (κ2) is 5.14. The summed E-state index contributed by atoms with van der Waals surface area (Å²) in [6.45, 7) is 6.17. The van der Waals surface area contributed by atoms with Gasteiger partial charge >= 0.3 is 10.5 Å². The largest absolute Gasteiger partial charge is 0.488 e. The van der Waals surface area contributed by atoms with E-state index in [1.165, 1.54) is 23.5 Å². The molecule has 108 valence electrons. The molecule has 2 rings (SSSR count). The maximum Gasteiger partial charge on any atom is 0.488 e. The summed E-state index contributed by atoms with van der Waals surface area (Å²) in [5.41, 5.74) is 1.57. The fraction of sp³-hybridized carbons (Fsp3) is 0.308. The van der Waals surface area contributed by atoms with Crippen LogP contribution in [0, 0.1) is 0 Å². The van der Waals surface area contributed by atoms with Crippen molar-refractivity contribution >= 4 is 21.8 Å². The molecular formula is C13H14FNO3S2. The Morgan fingerprint density at radius 1 is 1.30 bits per heavy atom. The highest BCUT2D eigenvalue weighted by molar-refractivity contribution is 7.81. The van der Waals surface area contributed by atoms with Gasteiger partial charge < -0.3 is 4.18 Å². The van der Waals surface area contributed by atoms with Crippen molar-refractivity contribution in [3.63, 3.8) is 0 Å². The minimum absolute atomic E-state index is 0.0643. The highest BCUT2D eigenvalue weighted by Gasteiger charge is 2.18. The second-order valence-corrected chi connectivity index (χ2v) is 7.10. The van der Waals surface area contributed by atoms with Gasteiger partial charge in [-0.3, -0.25) is 0 Å². The monoisotopic (exact) mass is 315 g/mol. The average molecular weight is 315 g/mol. The van der Waals surface area contributed by atoms with Crippen LogP contribution in [0.5, 0.6) is 5.75 Å². The lowest BCUT2D eigenvalue weighted by Gasteiger charge is -2.14. The van der Waals surface area contributed by atoms with Crippen molar-refractivity contribution in [2.45, 2.75) is 26.2 Å². The summed E-state index contributed by atoms with van der Waals surface area (Å²) in [5.74, 6) is -0.0718. The van der Waals surface area contributed by atoms with Crippen LogP contribution in [0.25, 0.3) is 10.6 Å². The molecule has 0 spiro atoms. The second-order valence-electron chi connectivity index (χ2n) is 5.29. The lowest BCUT2D eigenvalue weighted by molar-refractivity contribution is 0.440. The Bertz CT molecular complexity index is 717. The van der Waals surface area contributed by atoms with Gasteiger partial charge in [-0.1, -0.05) is 36.8 Å². The minimum atomic E-state index is -5.01. The average Bonchev–Trinajstić information content (AvgIpc) is 2.75. The third kappa shape index (κ3) is 3.77. The van der Waals surface area contributed by atoms with E-state index in [9.17, 15) is 12.3 Å². The first kappa shape index (κ1) is 14.9. The van der Waals surface area contributed by atoms with Crippen LogP contribution in [0.15, 0.2) is 29.6 Å². The predicted octanol–water partition coefficient (Wildman–Crippen LogP) is 3.70. The molecule has 7 heteroatoms. The number of thiazole rings is 1. The van der Waals surface area contributed by atoms with Crippen LogP contribution in [-0.2, 0) is 15.9 Å². The topological polar surface area (TPSA) is 56.3 Å². The number of nitrogens with zero attached hydrogens (tertiary/aromatic N) is 1. The van der Waals surface area contributed by atoms with Gasteiger partial charge in [0.15, 0.2) is 0 Å². The molecule has 0 amide bonds. The van der Waals surface area contributed by atoms with Crippen molar-refractivity contribution in [1.82, 2.24) is 4.98 Å². The summed E-state index contributed by atoms with van der Waals surface area (Å²) in [6.07, 6.45) is 0. The highest BCUT2D eigenvalue weighted by atomic mass is 32.3. The summed E-state index contributed by atoms with van der Waals surface area (Å²) in [7, 11) is -5.01. The molecule has 0 aliphatic heterocycles. The van der Waals surface area contributed by atoms with Gasteiger partial charge in [-0.15, -0.1) is 11.3 Å². The molecule has 0 saturated heterocycles. The smallest absolute Gasteiger partial charge is 0.358 e. The summed E-state index contributed by atoms with van der Waals surface area (Å²) >= 11 is 1.45. The van der Waals surface area contributed by atoms with E-state index in [0.717, 1.165) is 10.7 Å². The van der Waals surface area contributed by atoms with E-state index in [1.54, 1.807) is 12.1 Å². The molecule has 0 N–H and O–H groups in total. The minimum Gasteiger partial charge on any atom is -0.358 e. The number of benzene rings is 1. The first-order valence-corrected chi connectivity index (χ1v) is 8.04. The number of hydrogen-bond acceptors (Lipinski definition) is 5. The lowest BCUT2D eigenvalue weighted by atomic mass is 9.93. The fourth-order valence-electron chi connectivity index (χ4n) is 1.55. The van der Waals surface area contributed by atoms with Crippen LogP contribution in [0.3, 0.4) is 0 Å². The van der Waals surface area contributed by atoms with Gasteiger partial charge in [0.25, 0.3) is 0 Å². The Hall–Kier alpha value is -1.47. The number of rotatable bonds is 3. The van der Waals surface area contributed by atoms with Crippen molar-refractivity contribution in [2.24, 2.45) is 0 Å². The molecule has 0 aliphatic rings. The van der Waals surface area contributed by atoms with Crippen LogP contribution in [0.4, 0.5) is 3.89 Å². The predicted molar refractivity (Wildman–Crippen MR) is 76.9 cm³/mol. The summed E-state index contributed by atoms with van der Waals surface area (Å²) in [6, 6.07) is 6.18. The Morgan fingerprint density at radius 2 is 2.00 bits per heavy atom. The quantitative estimate of drug-likeness (QED) is 0.810. The Balaban J connectivity index is 2.34. The molecule has 2 aromatic rings.